The van der Waals surface area contributed by atoms with Crippen molar-refractivity contribution in [2.75, 3.05) is 19.6 Å². The van der Waals surface area contributed by atoms with Crippen LogP contribution in [0.3, 0.4) is 0 Å². The molecule has 1 aliphatic rings. The van der Waals surface area contributed by atoms with Crippen LogP contribution in [0, 0.1) is 0 Å². The first kappa shape index (κ1) is 14.9. The topological polar surface area (TPSA) is 23.6 Å². The Morgan fingerprint density at radius 2 is 1.94 bits per heavy atom. The molecule has 1 heterocycles. The van der Waals surface area contributed by atoms with E-state index in [-0.39, 0.29) is 5.91 Å². The summed E-state index contributed by atoms with van der Waals surface area (Å²) in [6.07, 6.45) is 1.40. The number of carbonyl (C=O) groups excluding carboxylic acids is 1. The molecule has 0 bridgehead atoms. The lowest BCUT2D eigenvalue weighted by Crippen LogP contribution is -2.55. The second kappa shape index (κ2) is 7.23. The zero-order valence-electron chi connectivity index (χ0n) is 10.8. The summed E-state index contributed by atoms with van der Waals surface area (Å²) in [6.45, 7) is 18.7. The SMILES string of the molecule is C=C.C=CC(=O)N1CCN(C(C)C)[C@@H](C)C1. The van der Waals surface area contributed by atoms with E-state index in [1.807, 2.05) is 4.90 Å². The summed E-state index contributed by atoms with van der Waals surface area (Å²) in [5.41, 5.74) is 0. The maximum Gasteiger partial charge on any atom is 0.246 e. The predicted molar refractivity (Wildman–Crippen MR) is 69.3 cm³/mol. The number of piperazine rings is 1. The lowest BCUT2D eigenvalue weighted by Gasteiger charge is -2.41. The van der Waals surface area contributed by atoms with Gasteiger partial charge >= 0.3 is 0 Å². The van der Waals surface area contributed by atoms with Gasteiger partial charge in [-0.25, -0.2) is 0 Å². The molecule has 0 aliphatic carbocycles. The molecule has 3 heteroatoms. The highest BCUT2D eigenvalue weighted by molar-refractivity contribution is 5.87. The first-order valence-corrected chi connectivity index (χ1v) is 5.73. The van der Waals surface area contributed by atoms with Gasteiger partial charge in [0.05, 0.1) is 0 Å². The molecule has 1 saturated heterocycles. The Labute approximate surface area is 99.4 Å². The number of rotatable bonds is 2. The van der Waals surface area contributed by atoms with Gasteiger partial charge in [-0.05, 0) is 26.8 Å². The van der Waals surface area contributed by atoms with Crippen molar-refractivity contribution < 1.29 is 4.79 Å². The van der Waals surface area contributed by atoms with Crippen LogP contribution >= 0.6 is 0 Å². The summed E-state index contributed by atoms with van der Waals surface area (Å²) in [4.78, 5) is 15.7. The second-order valence-corrected chi connectivity index (χ2v) is 4.17. The summed E-state index contributed by atoms with van der Waals surface area (Å²) in [5, 5.41) is 0. The molecule has 1 fully saturated rings. The molecule has 0 spiro atoms. The van der Waals surface area contributed by atoms with Crippen molar-refractivity contribution in [2.24, 2.45) is 0 Å². The standard InChI is InChI=1S/C11H20N2O.C2H4/c1-5-11(14)12-6-7-13(9(2)3)10(4)8-12;1-2/h5,9-10H,1,6-8H2,2-4H3;1-2H2/t10-;/m0./s1. The normalized spacial score (nSPS) is 21.2. The van der Waals surface area contributed by atoms with Crippen LogP contribution in [0.15, 0.2) is 25.8 Å². The van der Waals surface area contributed by atoms with Gasteiger partial charge in [-0.15, -0.1) is 13.2 Å². The molecule has 0 unspecified atom stereocenters. The average Bonchev–Trinajstić information content (AvgIpc) is 2.30. The van der Waals surface area contributed by atoms with Crippen LogP contribution in [0.1, 0.15) is 20.8 Å². The summed E-state index contributed by atoms with van der Waals surface area (Å²) in [5.74, 6) is 0.0558. The molecular formula is C13H24N2O. The Hall–Kier alpha value is -1.09. The molecule has 1 atom stereocenters. The number of amides is 1. The number of hydrogen-bond acceptors (Lipinski definition) is 2. The quantitative estimate of drug-likeness (QED) is 0.528. The summed E-state index contributed by atoms with van der Waals surface area (Å²) < 4.78 is 0. The number of hydrogen-bond donors (Lipinski definition) is 0. The van der Waals surface area contributed by atoms with Gasteiger partial charge in [-0.2, -0.15) is 0 Å². The fourth-order valence-corrected chi connectivity index (χ4v) is 2.07. The fraction of sp³-hybridized carbons (Fsp3) is 0.615. The fourth-order valence-electron chi connectivity index (χ4n) is 2.07. The molecule has 0 saturated carbocycles. The van der Waals surface area contributed by atoms with Crippen molar-refractivity contribution in [3.8, 4) is 0 Å². The third kappa shape index (κ3) is 3.81. The molecule has 0 N–H and O–H groups in total. The molecule has 0 aromatic rings. The predicted octanol–water partition coefficient (Wildman–Crippen LogP) is 1.92. The van der Waals surface area contributed by atoms with E-state index in [4.69, 9.17) is 0 Å². The van der Waals surface area contributed by atoms with Crippen molar-refractivity contribution in [3.05, 3.63) is 25.8 Å². The zero-order chi connectivity index (χ0) is 12.7. The maximum atomic E-state index is 11.4. The van der Waals surface area contributed by atoms with Crippen LogP contribution in [-0.4, -0.2) is 47.4 Å². The van der Waals surface area contributed by atoms with Crippen LogP contribution in [0.2, 0.25) is 0 Å². The summed E-state index contributed by atoms with van der Waals surface area (Å²) in [6, 6.07) is 1.01. The molecule has 1 rings (SSSR count). The van der Waals surface area contributed by atoms with Gasteiger partial charge in [-0.1, -0.05) is 6.58 Å². The monoisotopic (exact) mass is 224 g/mol. The molecular weight excluding hydrogens is 200 g/mol. The minimum atomic E-state index is 0.0558. The van der Waals surface area contributed by atoms with Gasteiger partial charge in [0, 0.05) is 31.7 Å². The highest BCUT2D eigenvalue weighted by Crippen LogP contribution is 2.12. The van der Waals surface area contributed by atoms with Gasteiger partial charge in [0.15, 0.2) is 0 Å². The van der Waals surface area contributed by atoms with Crippen LogP contribution in [0.4, 0.5) is 0 Å². The Kier molecular flexibility index (Phi) is 6.74. The largest absolute Gasteiger partial charge is 0.336 e. The molecule has 1 amide bonds. The first-order valence-electron chi connectivity index (χ1n) is 5.73. The van der Waals surface area contributed by atoms with E-state index < -0.39 is 0 Å². The van der Waals surface area contributed by atoms with Gasteiger partial charge < -0.3 is 4.90 Å². The van der Waals surface area contributed by atoms with Crippen LogP contribution in [0.5, 0.6) is 0 Å². The van der Waals surface area contributed by atoms with Crippen LogP contribution in [-0.2, 0) is 4.79 Å². The smallest absolute Gasteiger partial charge is 0.246 e. The van der Waals surface area contributed by atoms with Crippen molar-refractivity contribution in [2.45, 2.75) is 32.9 Å². The summed E-state index contributed by atoms with van der Waals surface area (Å²) >= 11 is 0. The molecule has 0 radical (unpaired) electrons. The lowest BCUT2D eigenvalue weighted by molar-refractivity contribution is -0.129. The van der Waals surface area contributed by atoms with E-state index in [1.165, 1.54) is 6.08 Å². The van der Waals surface area contributed by atoms with Crippen molar-refractivity contribution in [3.63, 3.8) is 0 Å². The first-order chi connectivity index (χ1) is 7.56. The Morgan fingerprint density at radius 3 is 2.31 bits per heavy atom. The molecule has 0 aromatic heterocycles. The average molecular weight is 224 g/mol. The summed E-state index contributed by atoms with van der Waals surface area (Å²) in [7, 11) is 0. The third-order valence-corrected chi connectivity index (χ3v) is 2.83. The highest BCUT2D eigenvalue weighted by Gasteiger charge is 2.26. The molecule has 16 heavy (non-hydrogen) atoms. The Bertz CT molecular complexity index is 238. The molecule has 92 valence electrons. The van der Waals surface area contributed by atoms with E-state index in [0.29, 0.717) is 12.1 Å². The number of carbonyl (C=O) groups is 1. The minimum absolute atomic E-state index is 0.0558. The Morgan fingerprint density at radius 1 is 1.38 bits per heavy atom. The zero-order valence-corrected chi connectivity index (χ0v) is 10.8. The number of nitrogens with zero attached hydrogens (tertiary/aromatic N) is 2. The van der Waals surface area contributed by atoms with Gasteiger partial charge in [0.2, 0.25) is 5.91 Å². The highest BCUT2D eigenvalue weighted by atomic mass is 16.2. The van der Waals surface area contributed by atoms with E-state index >= 15 is 0 Å². The van der Waals surface area contributed by atoms with Crippen molar-refractivity contribution in [1.82, 2.24) is 9.80 Å². The maximum absolute atomic E-state index is 11.4. The van der Waals surface area contributed by atoms with Gasteiger partial charge in [0.25, 0.3) is 0 Å². The Balaban J connectivity index is 0.00000106. The van der Waals surface area contributed by atoms with Gasteiger partial charge in [-0.3, -0.25) is 9.69 Å². The third-order valence-electron chi connectivity index (χ3n) is 2.83. The van der Waals surface area contributed by atoms with E-state index in [9.17, 15) is 4.79 Å². The van der Waals surface area contributed by atoms with E-state index in [2.05, 4.69) is 45.4 Å². The molecule has 0 aromatic carbocycles. The van der Waals surface area contributed by atoms with Crippen molar-refractivity contribution in [1.29, 1.82) is 0 Å². The van der Waals surface area contributed by atoms with Crippen LogP contribution in [0.25, 0.3) is 0 Å². The lowest BCUT2D eigenvalue weighted by atomic mass is 10.1. The minimum Gasteiger partial charge on any atom is -0.336 e. The van der Waals surface area contributed by atoms with E-state index in [1.54, 1.807) is 0 Å². The molecule has 3 nitrogen and oxygen atoms in total. The van der Waals surface area contributed by atoms with Gasteiger partial charge in [0.1, 0.15) is 0 Å². The molecule has 1 aliphatic heterocycles. The van der Waals surface area contributed by atoms with Crippen molar-refractivity contribution >= 4 is 5.91 Å². The van der Waals surface area contributed by atoms with E-state index in [0.717, 1.165) is 19.6 Å². The van der Waals surface area contributed by atoms with Crippen LogP contribution < -0.4 is 0 Å². The second-order valence-electron chi connectivity index (χ2n) is 4.17.